The van der Waals surface area contributed by atoms with Crippen molar-refractivity contribution in [1.29, 1.82) is 0 Å². The van der Waals surface area contributed by atoms with Crippen LogP contribution in [0.3, 0.4) is 0 Å². The molecule has 0 spiro atoms. The highest BCUT2D eigenvalue weighted by molar-refractivity contribution is 9.10. The number of hydrogen-bond acceptors (Lipinski definition) is 4. The lowest BCUT2D eigenvalue weighted by atomic mass is 9.93. The van der Waals surface area contributed by atoms with E-state index in [4.69, 9.17) is 5.73 Å². The topological polar surface area (TPSA) is 90.0 Å². The highest BCUT2D eigenvalue weighted by atomic mass is 79.9. The van der Waals surface area contributed by atoms with Gasteiger partial charge in [-0.05, 0) is 43.6 Å². The van der Waals surface area contributed by atoms with Crippen LogP contribution >= 0.6 is 15.9 Å². The van der Waals surface area contributed by atoms with E-state index < -0.39 is 11.3 Å². The van der Waals surface area contributed by atoms with Gasteiger partial charge in [0, 0.05) is 6.54 Å². The Balaban J connectivity index is 2.96. The van der Waals surface area contributed by atoms with E-state index in [1.54, 1.807) is 20.0 Å². The van der Waals surface area contributed by atoms with Crippen molar-refractivity contribution in [2.75, 3.05) is 11.9 Å². The molecule has 1 aromatic heterocycles. The van der Waals surface area contributed by atoms with Crippen LogP contribution in [-0.4, -0.2) is 22.2 Å². The first-order chi connectivity index (χ1) is 8.66. The highest BCUT2D eigenvalue weighted by Crippen LogP contribution is 2.20. The number of nitrogens with two attached hydrogens (primary N) is 1. The summed E-state index contributed by atoms with van der Waals surface area (Å²) < 4.78 is 1.78. The van der Waals surface area contributed by atoms with Gasteiger partial charge < -0.3 is 11.1 Å². The van der Waals surface area contributed by atoms with Crippen molar-refractivity contribution in [1.82, 2.24) is 9.78 Å². The van der Waals surface area contributed by atoms with Gasteiger partial charge in [-0.3, -0.25) is 9.59 Å². The summed E-state index contributed by atoms with van der Waals surface area (Å²) in [6.45, 7) is 7.56. The average Bonchev–Trinajstić information content (AvgIpc) is 2.30. The number of primary amides is 1. The molecule has 7 heteroatoms. The fourth-order valence-electron chi connectivity index (χ4n) is 1.34. The molecular weight excluding hydrogens is 312 g/mol. The number of rotatable bonds is 5. The highest BCUT2D eigenvalue weighted by Gasteiger charge is 2.25. The quantitative estimate of drug-likeness (QED) is 0.856. The summed E-state index contributed by atoms with van der Waals surface area (Å²) in [5.41, 5.74) is 4.93. The standard InChI is InChI=1S/C12H19BrN4O2/c1-7(2)17-10(18)9(13)8(5-16-17)15-6-12(3,4)11(14)19/h5,7,15H,6H2,1-4H3,(H2,14,19). The van der Waals surface area contributed by atoms with Crippen LogP contribution in [0, 0.1) is 5.41 Å². The lowest BCUT2D eigenvalue weighted by Gasteiger charge is -2.22. The van der Waals surface area contributed by atoms with Crippen molar-refractivity contribution in [2.45, 2.75) is 33.7 Å². The van der Waals surface area contributed by atoms with Gasteiger partial charge in [0.1, 0.15) is 4.47 Å². The van der Waals surface area contributed by atoms with Gasteiger partial charge in [-0.1, -0.05) is 0 Å². The molecule has 0 atom stereocenters. The summed E-state index contributed by atoms with van der Waals surface area (Å²) in [6.07, 6.45) is 1.56. The maximum Gasteiger partial charge on any atom is 0.283 e. The van der Waals surface area contributed by atoms with Crippen LogP contribution in [0.2, 0.25) is 0 Å². The van der Waals surface area contributed by atoms with Gasteiger partial charge in [0.2, 0.25) is 5.91 Å². The number of nitrogens with one attached hydrogen (secondary N) is 1. The maximum atomic E-state index is 12.0. The minimum absolute atomic E-state index is 0.0140. The molecule has 1 amide bonds. The second-order valence-electron chi connectivity index (χ2n) is 5.32. The Labute approximate surface area is 120 Å². The van der Waals surface area contributed by atoms with E-state index in [-0.39, 0.29) is 11.6 Å². The first-order valence-electron chi connectivity index (χ1n) is 5.98. The lowest BCUT2D eigenvalue weighted by molar-refractivity contribution is -0.125. The van der Waals surface area contributed by atoms with Crippen LogP contribution in [0.25, 0.3) is 0 Å². The zero-order valence-electron chi connectivity index (χ0n) is 11.5. The summed E-state index contributed by atoms with van der Waals surface area (Å²) in [5, 5.41) is 7.10. The molecule has 0 fully saturated rings. The summed E-state index contributed by atoms with van der Waals surface area (Å²) in [5.74, 6) is -0.403. The second-order valence-corrected chi connectivity index (χ2v) is 6.11. The van der Waals surface area contributed by atoms with Crippen LogP contribution in [0.1, 0.15) is 33.7 Å². The molecule has 6 nitrogen and oxygen atoms in total. The molecule has 0 saturated heterocycles. The Morgan fingerprint density at radius 1 is 1.58 bits per heavy atom. The largest absolute Gasteiger partial charge is 0.382 e. The van der Waals surface area contributed by atoms with Crippen LogP contribution in [0.15, 0.2) is 15.5 Å². The first kappa shape index (κ1) is 15.7. The fourth-order valence-corrected chi connectivity index (χ4v) is 1.76. The number of anilines is 1. The van der Waals surface area contributed by atoms with Gasteiger partial charge in [-0.2, -0.15) is 5.10 Å². The number of carbonyl (C=O) groups is 1. The molecule has 1 heterocycles. The van der Waals surface area contributed by atoms with Crippen molar-refractivity contribution in [3.8, 4) is 0 Å². The van der Waals surface area contributed by atoms with Gasteiger partial charge in [0.05, 0.1) is 23.3 Å². The fraction of sp³-hybridized carbons (Fsp3) is 0.583. The maximum absolute atomic E-state index is 12.0. The van der Waals surface area contributed by atoms with Crippen LogP contribution in [0.5, 0.6) is 0 Å². The summed E-state index contributed by atoms with van der Waals surface area (Å²) >= 11 is 3.25. The predicted molar refractivity (Wildman–Crippen MR) is 78.0 cm³/mol. The smallest absolute Gasteiger partial charge is 0.283 e. The van der Waals surface area contributed by atoms with Crippen LogP contribution < -0.4 is 16.6 Å². The van der Waals surface area contributed by atoms with Gasteiger partial charge in [0.15, 0.2) is 0 Å². The zero-order chi connectivity index (χ0) is 14.8. The second kappa shape index (κ2) is 5.73. The molecule has 0 aliphatic rings. The normalized spacial score (nSPS) is 11.7. The molecule has 3 N–H and O–H groups in total. The number of nitrogens with zero attached hydrogens (tertiary/aromatic N) is 2. The van der Waals surface area contributed by atoms with Crippen molar-refractivity contribution in [3.05, 3.63) is 21.0 Å². The molecule has 1 rings (SSSR count). The predicted octanol–water partition coefficient (Wildman–Crippen LogP) is 1.51. The Bertz CT molecular complexity index is 537. The lowest BCUT2D eigenvalue weighted by Crippen LogP contribution is -2.38. The van der Waals surface area contributed by atoms with Gasteiger partial charge in [-0.25, -0.2) is 4.68 Å². The molecule has 0 bridgehead atoms. The SMILES string of the molecule is CC(C)n1ncc(NCC(C)(C)C(N)=O)c(Br)c1=O. The summed E-state index contributed by atoms with van der Waals surface area (Å²) in [4.78, 5) is 23.2. The van der Waals surface area contributed by atoms with E-state index in [0.717, 1.165) is 0 Å². The van der Waals surface area contributed by atoms with Gasteiger partial charge >= 0.3 is 0 Å². The first-order valence-corrected chi connectivity index (χ1v) is 6.77. The van der Waals surface area contributed by atoms with E-state index in [9.17, 15) is 9.59 Å². The van der Waals surface area contributed by atoms with Gasteiger partial charge in [-0.15, -0.1) is 0 Å². The van der Waals surface area contributed by atoms with Crippen molar-refractivity contribution in [3.63, 3.8) is 0 Å². The molecule has 0 radical (unpaired) electrons. The minimum Gasteiger partial charge on any atom is -0.382 e. The number of amides is 1. The monoisotopic (exact) mass is 330 g/mol. The van der Waals surface area contributed by atoms with E-state index >= 15 is 0 Å². The number of carbonyl (C=O) groups excluding carboxylic acids is 1. The van der Waals surface area contributed by atoms with Crippen molar-refractivity contribution >= 4 is 27.5 Å². The third kappa shape index (κ3) is 3.56. The molecule has 0 aliphatic carbocycles. The van der Waals surface area contributed by atoms with Crippen molar-refractivity contribution < 1.29 is 4.79 Å². The van der Waals surface area contributed by atoms with E-state index in [0.29, 0.717) is 16.7 Å². The van der Waals surface area contributed by atoms with Crippen LogP contribution in [-0.2, 0) is 4.79 Å². The van der Waals surface area contributed by atoms with E-state index in [1.807, 2.05) is 13.8 Å². The third-order valence-corrected chi connectivity index (χ3v) is 3.59. The molecule has 19 heavy (non-hydrogen) atoms. The number of hydrogen-bond donors (Lipinski definition) is 2. The molecule has 0 aromatic carbocycles. The molecule has 0 unspecified atom stereocenters. The summed E-state index contributed by atoms with van der Waals surface area (Å²) in [6, 6.07) is -0.0140. The van der Waals surface area contributed by atoms with E-state index in [2.05, 4.69) is 26.3 Å². The minimum atomic E-state index is -0.702. The molecule has 0 aliphatic heterocycles. The summed E-state index contributed by atoms with van der Waals surface area (Å²) in [7, 11) is 0. The molecule has 0 saturated carbocycles. The zero-order valence-corrected chi connectivity index (χ0v) is 13.1. The Morgan fingerprint density at radius 3 is 2.63 bits per heavy atom. The van der Waals surface area contributed by atoms with Crippen molar-refractivity contribution in [2.24, 2.45) is 11.1 Å². The van der Waals surface area contributed by atoms with Crippen LogP contribution in [0.4, 0.5) is 5.69 Å². The molecule has 106 valence electrons. The Kier molecular flexibility index (Phi) is 4.73. The number of halogens is 1. The Hall–Kier alpha value is -1.37. The molecule has 1 aromatic rings. The number of aromatic nitrogens is 2. The third-order valence-electron chi connectivity index (χ3n) is 2.82. The molecular formula is C12H19BrN4O2. The Morgan fingerprint density at radius 2 is 2.16 bits per heavy atom. The average molecular weight is 331 g/mol. The van der Waals surface area contributed by atoms with Gasteiger partial charge in [0.25, 0.3) is 5.56 Å². The van der Waals surface area contributed by atoms with E-state index in [1.165, 1.54) is 4.68 Å².